The van der Waals surface area contributed by atoms with Crippen LogP contribution in [0, 0.1) is 0 Å². The second kappa shape index (κ2) is 7.94. The van der Waals surface area contributed by atoms with Crippen molar-refractivity contribution < 1.29 is 4.79 Å². The average Bonchev–Trinajstić information content (AvgIpc) is 3.12. The Morgan fingerprint density at radius 1 is 1.12 bits per heavy atom. The first-order chi connectivity index (χ1) is 12.2. The standard InChI is InChI=1S/C19H19ClN4O/c1-2-3-12-21-19(25)15-6-10-17(11-7-15)24-18(13-22-23-24)14-4-8-16(20)9-5-14/h4-11,13H,2-3,12H2,1H3,(H,21,25). The van der Waals surface area contributed by atoms with E-state index in [2.05, 4.69) is 22.6 Å². The van der Waals surface area contributed by atoms with Gasteiger partial charge in [0.1, 0.15) is 0 Å². The van der Waals surface area contributed by atoms with E-state index >= 15 is 0 Å². The van der Waals surface area contributed by atoms with Crippen molar-refractivity contribution in [1.82, 2.24) is 20.3 Å². The summed E-state index contributed by atoms with van der Waals surface area (Å²) in [5.74, 6) is -0.0588. The molecule has 2 aromatic carbocycles. The highest BCUT2D eigenvalue weighted by Gasteiger charge is 2.10. The van der Waals surface area contributed by atoms with Gasteiger partial charge in [-0.2, -0.15) is 0 Å². The van der Waals surface area contributed by atoms with Crippen molar-refractivity contribution in [3.63, 3.8) is 0 Å². The van der Waals surface area contributed by atoms with Crippen molar-refractivity contribution in [3.8, 4) is 16.9 Å². The first-order valence-electron chi connectivity index (χ1n) is 8.24. The third kappa shape index (κ3) is 4.06. The van der Waals surface area contributed by atoms with Crippen LogP contribution in [-0.4, -0.2) is 27.4 Å². The molecule has 1 N–H and O–H groups in total. The zero-order valence-electron chi connectivity index (χ0n) is 13.9. The van der Waals surface area contributed by atoms with Gasteiger partial charge in [-0.3, -0.25) is 4.79 Å². The zero-order valence-corrected chi connectivity index (χ0v) is 14.7. The molecule has 0 radical (unpaired) electrons. The fourth-order valence-corrected chi connectivity index (χ4v) is 2.60. The number of aromatic nitrogens is 3. The van der Waals surface area contributed by atoms with Crippen LogP contribution >= 0.6 is 11.6 Å². The third-order valence-electron chi connectivity index (χ3n) is 3.88. The van der Waals surface area contributed by atoms with Gasteiger partial charge < -0.3 is 5.32 Å². The monoisotopic (exact) mass is 354 g/mol. The number of halogens is 1. The number of hydrogen-bond acceptors (Lipinski definition) is 3. The van der Waals surface area contributed by atoms with E-state index < -0.39 is 0 Å². The minimum atomic E-state index is -0.0588. The van der Waals surface area contributed by atoms with Crippen LogP contribution in [0.2, 0.25) is 5.02 Å². The summed E-state index contributed by atoms with van der Waals surface area (Å²) in [6.45, 7) is 2.79. The second-order valence-electron chi connectivity index (χ2n) is 5.69. The van der Waals surface area contributed by atoms with E-state index in [0.717, 1.165) is 29.8 Å². The van der Waals surface area contributed by atoms with Gasteiger partial charge in [-0.05, 0) is 42.8 Å². The molecular formula is C19H19ClN4O. The molecular weight excluding hydrogens is 336 g/mol. The average molecular weight is 355 g/mol. The summed E-state index contributed by atoms with van der Waals surface area (Å²) in [5.41, 5.74) is 3.30. The van der Waals surface area contributed by atoms with E-state index in [1.165, 1.54) is 0 Å². The van der Waals surface area contributed by atoms with Gasteiger partial charge in [0.2, 0.25) is 0 Å². The van der Waals surface area contributed by atoms with E-state index in [1.807, 2.05) is 36.4 Å². The molecule has 0 aliphatic carbocycles. The molecule has 1 amide bonds. The zero-order chi connectivity index (χ0) is 17.6. The van der Waals surface area contributed by atoms with E-state index in [9.17, 15) is 4.79 Å². The van der Waals surface area contributed by atoms with Gasteiger partial charge in [0.25, 0.3) is 5.91 Å². The van der Waals surface area contributed by atoms with Gasteiger partial charge in [-0.1, -0.05) is 42.3 Å². The Kier molecular flexibility index (Phi) is 5.46. The molecule has 3 aromatic rings. The fourth-order valence-electron chi connectivity index (χ4n) is 2.48. The number of carbonyl (C=O) groups is 1. The Morgan fingerprint density at radius 3 is 2.52 bits per heavy atom. The number of unbranched alkanes of at least 4 members (excludes halogenated alkanes) is 1. The van der Waals surface area contributed by atoms with Crippen LogP contribution in [0.15, 0.2) is 54.7 Å². The van der Waals surface area contributed by atoms with Crippen LogP contribution in [0.5, 0.6) is 0 Å². The van der Waals surface area contributed by atoms with Crippen LogP contribution in [0.1, 0.15) is 30.1 Å². The maximum atomic E-state index is 12.1. The van der Waals surface area contributed by atoms with Gasteiger partial charge in [0, 0.05) is 22.7 Å². The minimum Gasteiger partial charge on any atom is -0.352 e. The van der Waals surface area contributed by atoms with Gasteiger partial charge in [0.05, 0.1) is 17.6 Å². The number of amides is 1. The Labute approximate surface area is 151 Å². The van der Waals surface area contributed by atoms with Gasteiger partial charge in [-0.15, -0.1) is 5.10 Å². The number of nitrogens with one attached hydrogen (secondary N) is 1. The van der Waals surface area contributed by atoms with Crippen molar-refractivity contribution in [3.05, 3.63) is 65.3 Å². The molecule has 3 rings (SSSR count). The van der Waals surface area contributed by atoms with Crippen LogP contribution < -0.4 is 5.32 Å². The second-order valence-corrected chi connectivity index (χ2v) is 6.13. The summed E-state index contributed by atoms with van der Waals surface area (Å²) in [7, 11) is 0. The maximum absolute atomic E-state index is 12.1. The highest BCUT2D eigenvalue weighted by atomic mass is 35.5. The largest absolute Gasteiger partial charge is 0.352 e. The molecule has 1 aromatic heterocycles. The molecule has 0 saturated carbocycles. The summed E-state index contributed by atoms with van der Waals surface area (Å²) in [6.07, 6.45) is 3.74. The molecule has 0 aliphatic rings. The highest BCUT2D eigenvalue weighted by Crippen LogP contribution is 2.23. The van der Waals surface area contributed by atoms with Gasteiger partial charge >= 0.3 is 0 Å². The van der Waals surface area contributed by atoms with E-state index in [-0.39, 0.29) is 5.91 Å². The first-order valence-corrected chi connectivity index (χ1v) is 8.62. The van der Waals surface area contributed by atoms with E-state index in [0.29, 0.717) is 17.1 Å². The van der Waals surface area contributed by atoms with Gasteiger partial charge in [0.15, 0.2) is 0 Å². The summed E-state index contributed by atoms with van der Waals surface area (Å²) >= 11 is 5.95. The predicted molar refractivity (Wildman–Crippen MR) is 99.0 cm³/mol. The molecule has 0 fully saturated rings. The quantitative estimate of drug-likeness (QED) is 0.677. The van der Waals surface area contributed by atoms with Gasteiger partial charge in [-0.25, -0.2) is 4.68 Å². The normalized spacial score (nSPS) is 10.6. The maximum Gasteiger partial charge on any atom is 0.251 e. The first kappa shape index (κ1) is 17.2. The number of benzene rings is 2. The number of rotatable bonds is 6. The van der Waals surface area contributed by atoms with E-state index in [1.54, 1.807) is 23.0 Å². The number of nitrogens with zero attached hydrogens (tertiary/aromatic N) is 3. The van der Waals surface area contributed by atoms with Crippen LogP contribution in [0.25, 0.3) is 16.9 Å². The molecule has 0 saturated heterocycles. The number of hydrogen-bond donors (Lipinski definition) is 1. The van der Waals surface area contributed by atoms with Crippen molar-refractivity contribution in [2.24, 2.45) is 0 Å². The lowest BCUT2D eigenvalue weighted by Crippen LogP contribution is -2.24. The lowest BCUT2D eigenvalue weighted by Gasteiger charge is -2.08. The van der Waals surface area contributed by atoms with Crippen LogP contribution in [-0.2, 0) is 0 Å². The molecule has 5 nitrogen and oxygen atoms in total. The summed E-state index contributed by atoms with van der Waals surface area (Å²) < 4.78 is 1.74. The summed E-state index contributed by atoms with van der Waals surface area (Å²) in [5, 5.41) is 11.8. The Balaban J connectivity index is 1.80. The Hall–Kier alpha value is -2.66. The molecule has 128 valence electrons. The fraction of sp³-hybridized carbons (Fsp3) is 0.211. The van der Waals surface area contributed by atoms with Crippen LogP contribution in [0.3, 0.4) is 0 Å². The molecule has 0 aliphatic heterocycles. The topological polar surface area (TPSA) is 59.8 Å². The molecule has 0 bridgehead atoms. The third-order valence-corrected chi connectivity index (χ3v) is 4.13. The Morgan fingerprint density at radius 2 is 1.84 bits per heavy atom. The van der Waals surface area contributed by atoms with Crippen molar-refractivity contribution >= 4 is 17.5 Å². The predicted octanol–water partition coefficient (Wildman–Crippen LogP) is 4.12. The summed E-state index contributed by atoms with van der Waals surface area (Å²) in [6, 6.07) is 14.8. The van der Waals surface area contributed by atoms with Crippen LogP contribution in [0.4, 0.5) is 0 Å². The molecule has 0 unspecified atom stereocenters. The SMILES string of the molecule is CCCCNC(=O)c1ccc(-n2nncc2-c2ccc(Cl)cc2)cc1. The minimum absolute atomic E-state index is 0.0588. The lowest BCUT2D eigenvalue weighted by atomic mass is 10.1. The summed E-state index contributed by atoms with van der Waals surface area (Å²) in [4.78, 5) is 12.1. The molecule has 25 heavy (non-hydrogen) atoms. The van der Waals surface area contributed by atoms with Crippen molar-refractivity contribution in [2.45, 2.75) is 19.8 Å². The smallest absolute Gasteiger partial charge is 0.251 e. The molecule has 1 heterocycles. The molecule has 0 spiro atoms. The molecule has 0 atom stereocenters. The highest BCUT2D eigenvalue weighted by molar-refractivity contribution is 6.30. The van der Waals surface area contributed by atoms with Crippen molar-refractivity contribution in [2.75, 3.05) is 6.54 Å². The lowest BCUT2D eigenvalue weighted by molar-refractivity contribution is 0.0953. The van der Waals surface area contributed by atoms with Crippen molar-refractivity contribution in [1.29, 1.82) is 0 Å². The number of carbonyl (C=O) groups excluding carboxylic acids is 1. The van der Waals surface area contributed by atoms with E-state index in [4.69, 9.17) is 11.6 Å². The Bertz CT molecular complexity index is 841. The molecule has 6 heteroatoms.